The molecule has 0 bridgehead atoms. The minimum atomic E-state index is -1.77. The molecule has 0 aliphatic carbocycles. The topological polar surface area (TPSA) is 42.3 Å². The third kappa shape index (κ3) is 1.67. The van der Waals surface area contributed by atoms with Crippen LogP contribution in [0.25, 0.3) is 0 Å². The molecule has 3 nitrogen and oxygen atoms in total. The van der Waals surface area contributed by atoms with Crippen LogP contribution >= 0.6 is 20.2 Å². The molecule has 0 aromatic carbocycles. The van der Waals surface area contributed by atoms with Gasteiger partial charge in [0.05, 0.1) is 0 Å². The molecule has 1 heterocycles. The Bertz CT molecular complexity index is 143. The van der Waals surface area contributed by atoms with Gasteiger partial charge in [-0.3, -0.25) is 3.56 Å². The number of nitrogens with one attached hydrogen (secondary N) is 1. The van der Waals surface area contributed by atoms with Gasteiger partial charge in [-0.15, -0.1) is 0 Å². The third-order valence-electron chi connectivity index (χ3n) is 1.03. The van der Waals surface area contributed by atoms with Gasteiger partial charge in [0.15, 0.2) is 0 Å². The summed E-state index contributed by atoms with van der Waals surface area (Å²) in [7, 11) is -1.64. The molecule has 0 amide bonds. The first-order valence-corrected chi connectivity index (χ1v) is 12.0. The molecular weight excluding hydrogens is 265 g/mol. The molecule has 1 fully saturated rings. The van der Waals surface area contributed by atoms with E-state index in [0.29, 0.717) is 0 Å². The normalized spacial score (nSPS) is 29.2. The van der Waals surface area contributed by atoms with Gasteiger partial charge in [-0.25, -0.2) is 0 Å². The molecule has 0 aromatic rings. The molecule has 0 saturated carbocycles. The maximum Gasteiger partial charge on any atom is 0.400 e. The lowest BCUT2D eigenvalue weighted by molar-refractivity contribution is 0.260. The van der Waals surface area contributed by atoms with Gasteiger partial charge >= 0.3 is 14.6 Å². The largest absolute Gasteiger partial charge is 0.408 e. The molecule has 6 heteroatoms. The van der Waals surface area contributed by atoms with Crippen LogP contribution in [0.15, 0.2) is 0 Å². The van der Waals surface area contributed by atoms with E-state index in [1.807, 2.05) is 19.6 Å². The van der Waals surface area contributed by atoms with Crippen molar-refractivity contribution in [3.05, 3.63) is 0 Å². The van der Waals surface area contributed by atoms with Gasteiger partial charge in [-0.2, -0.15) is 0 Å². The van der Waals surface area contributed by atoms with Gasteiger partial charge < -0.3 is 8.23 Å². The second-order valence-electron chi connectivity index (χ2n) is 2.53. The van der Waals surface area contributed by atoms with Gasteiger partial charge in [-0.05, 0) is 19.6 Å². The van der Waals surface area contributed by atoms with Crippen LogP contribution in [0.1, 0.15) is 0 Å². The van der Waals surface area contributed by atoms with E-state index in [4.69, 9.17) is 11.8 Å². The molecule has 0 radical (unpaired) electrons. The fraction of sp³-hybridized carbons (Fsp3) is 1.00. The quantitative estimate of drug-likeness (QED) is 0.452. The highest BCUT2D eigenvalue weighted by Crippen LogP contribution is 2.37. The maximum atomic E-state index is 7.18. The van der Waals surface area contributed by atoms with Gasteiger partial charge in [0.1, 0.15) is 0 Å². The summed E-state index contributed by atoms with van der Waals surface area (Å²) in [5.41, 5.74) is 0. The van der Waals surface area contributed by atoms with Crippen LogP contribution in [-0.2, 0) is 8.23 Å². The molecule has 54 valence electrons. The van der Waals surface area contributed by atoms with Crippen LogP contribution < -0.4 is 0 Å². The average molecular weight is 275 g/mol. The zero-order valence-electron chi connectivity index (χ0n) is 5.69. The molecular formula is C3H10INO2Si2. The van der Waals surface area contributed by atoms with Crippen molar-refractivity contribution in [1.82, 2.24) is 0 Å². The van der Waals surface area contributed by atoms with E-state index in [1.165, 1.54) is 0 Å². The van der Waals surface area contributed by atoms with Crippen LogP contribution in [0.5, 0.6) is 0 Å². The molecule has 1 aliphatic rings. The molecule has 0 atom stereocenters. The highest BCUT2D eigenvalue weighted by atomic mass is 127. The fourth-order valence-corrected chi connectivity index (χ4v) is 19.8. The van der Waals surface area contributed by atoms with Crippen molar-refractivity contribution < 1.29 is 8.23 Å². The SMILES string of the molecule is C[Si]1(C)O[Si](C)(I=N)O1. The molecule has 0 spiro atoms. The van der Waals surface area contributed by atoms with Crippen molar-refractivity contribution >= 4 is 34.9 Å². The van der Waals surface area contributed by atoms with Crippen LogP contribution in [0.2, 0.25) is 19.6 Å². The maximum absolute atomic E-state index is 7.18. The highest BCUT2D eigenvalue weighted by molar-refractivity contribution is 14.2. The Balaban J connectivity index is 2.50. The summed E-state index contributed by atoms with van der Waals surface area (Å²) in [6.07, 6.45) is 0. The summed E-state index contributed by atoms with van der Waals surface area (Å²) in [4.78, 5) is 0. The van der Waals surface area contributed by atoms with Crippen LogP contribution in [0.3, 0.4) is 0 Å². The summed E-state index contributed by atoms with van der Waals surface area (Å²) in [6.45, 7) is 6.05. The summed E-state index contributed by atoms with van der Waals surface area (Å²) in [5, 5.41) is 0. The third-order valence-corrected chi connectivity index (χ3v) is 15.1. The average Bonchev–Trinajstić information content (AvgIpc) is 1.61. The van der Waals surface area contributed by atoms with Crippen molar-refractivity contribution in [2.45, 2.75) is 19.6 Å². The first-order valence-electron chi connectivity index (χ1n) is 2.69. The lowest BCUT2D eigenvalue weighted by Crippen LogP contribution is -2.62. The first-order chi connectivity index (χ1) is 3.97. The smallest absolute Gasteiger partial charge is 0.400 e. The predicted octanol–water partition coefficient (Wildman–Crippen LogP) is 2.04. The molecule has 1 aliphatic heterocycles. The molecule has 0 aromatic heterocycles. The van der Waals surface area contributed by atoms with Gasteiger partial charge in [0.25, 0.3) is 0 Å². The van der Waals surface area contributed by atoms with Crippen molar-refractivity contribution in [3.8, 4) is 0 Å². The number of hydrogen-bond donors (Lipinski definition) is 1. The number of hydrogen-bond acceptors (Lipinski definition) is 3. The van der Waals surface area contributed by atoms with E-state index >= 15 is 0 Å². The van der Waals surface area contributed by atoms with Crippen molar-refractivity contribution in [2.75, 3.05) is 0 Å². The number of halogens is 1. The van der Waals surface area contributed by atoms with Crippen LogP contribution in [0, 0.1) is 3.56 Å². The number of rotatable bonds is 1. The van der Waals surface area contributed by atoms with E-state index in [0.717, 1.165) is 0 Å². The molecule has 0 unspecified atom stereocenters. The summed E-state index contributed by atoms with van der Waals surface area (Å²) in [5.74, 6) is 0. The minimum absolute atomic E-state index is 0.533. The van der Waals surface area contributed by atoms with E-state index in [-0.39, 0.29) is 0 Å². The lowest BCUT2D eigenvalue weighted by Gasteiger charge is -2.44. The zero-order valence-corrected chi connectivity index (χ0v) is 9.85. The Labute approximate surface area is 66.3 Å². The molecule has 9 heavy (non-hydrogen) atoms. The van der Waals surface area contributed by atoms with Crippen molar-refractivity contribution in [3.63, 3.8) is 0 Å². The Hall–Kier alpha value is 0.884. The molecule has 1 N–H and O–H groups in total. The lowest BCUT2D eigenvalue weighted by atomic mass is 11.9. The zero-order chi connectivity index (χ0) is 7.12. The van der Waals surface area contributed by atoms with E-state index in [2.05, 4.69) is 0 Å². The van der Waals surface area contributed by atoms with Gasteiger partial charge in [0, 0.05) is 20.2 Å². The second kappa shape index (κ2) is 2.19. The predicted molar refractivity (Wildman–Crippen MR) is 48.0 cm³/mol. The van der Waals surface area contributed by atoms with E-state index in [1.54, 1.807) is 0 Å². The fourth-order valence-electron chi connectivity index (χ4n) is 0.924. The van der Waals surface area contributed by atoms with Crippen LogP contribution in [-0.4, -0.2) is 14.6 Å². The highest BCUT2D eigenvalue weighted by Gasteiger charge is 2.53. The van der Waals surface area contributed by atoms with Gasteiger partial charge in [-0.1, -0.05) is 0 Å². The first kappa shape index (κ1) is 7.98. The summed E-state index contributed by atoms with van der Waals surface area (Å²) >= 11 is -0.533. The Morgan fingerprint density at radius 3 is 1.78 bits per heavy atom. The summed E-state index contributed by atoms with van der Waals surface area (Å²) < 4.78 is 18.3. The van der Waals surface area contributed by atoms with Crippen molar-refractivity contribution in [1.29, 1.82) is 3.56 Å². The van der Waals surface area contributed by atoms with Gasteiger partial charge in [0.2, 0.25) is 0 Å². The Morgan fingerprint density at radius 2 is 1.67 bits per heavy atom. The molecule has 1 saturated heterocycles. The van der Waals surface area contributed by atoms with Crippen molar-refractivity contribution in [2.24, 2.45) is 0 Å². The Morgan fingerprint density at radius 1 is 1.22 bits per heavy atom. The van der Waals surface area contributed by atoms with E-state index in [9.17, 15) is 0 Å². The van der Waals surface area contributed by atoms with E-state index < -0.39 is 34.9 Å². The minimum Gasteiger partial charge on any atom is -0.408 e. The Kier molecular flexibility index (Phi) is 1.94. The monoisotopic (exact) mass is 275 g/mol. The summed E-state index contributed by atoms with van der Waals surface area (Å²) in [6, 6.07) is -1.77. The second-order valence-corrected chi connectivity index (χ2v) is 16.3. The standard InChI is InChI=1S/C3H10INO2Si2/c1-8(2)6-9(3,4-5)7-8/h5H,1-3H3. The molecule has 1 rings (SSSR count). The van der Waals surface area contributed by atoms with Crippen LogP contribution in [0.4, 0.5) is 0 Å².